The molecule has 166 valence electrons. The molecular weight excluding hydrogens is 538 g/mol. The summed E-state index contributed by atoms with van der Waals surface area (Å²) in [5, 5.41) is 0. The molecular formula is C22H40GdN2O2Si2. The van der Waals surface area contributed by atoms with Gasteiger partial charge < -0.3 is 18.1 Å². The number of rotatable bonds is 4. The maximum atomic E-state index is 10.3. The van der Waals surface area contributed by atoms with Gasteiger partial charge in [0.05, 0.1) is 0 Å². The van der Waals surface area contributed by atoms with Crippen molar-refractivity contribution < 1.29 is 48.9 Å². The average molecular weight is 578 g/mol. The van der Waals surface area contributed by atoms with E-state index in [1.807, 2.05) is 0 Å². The summed E-state index contributed by atoms with van der Waals surface area (Å²) in [6.45, 7) is 12.2. The molecule has 0 saturated heterocycles. The van der Waals surface area contributed by atoms with E-state index in [0.29, 0.717) is 11.8 Å². The van der Waals surface area contributed by atoms with Crippen LogP contribution in [0, 0.1) is 63.9 Å². The predicted molar refractivity (Wildman–Crippen MR) is 123 cm³/mol. The van der Waals surface area contributed by atoms with Gasteiger partial charge in [0.25, 0.3) is 0 Å². The first-order chi connectivity index (χ1) is 12.9. The minimum absolute atomic E-state index is 0. The Morgan fingerprint density at radius 3 is 1.07 bits per heavy atom. The van der Waals surface area contributed by atoms with Gasteiger partial charge in [-0.3, -0.25) is 12.2 Å². The van der Waals surface area contributed by atoms with E-state index in [2.05, 4.69) is 64.2 Å². The van der Waals surface area contributed by atoms with Crippen molar-refractivity contribution in [2.75, 3.05) is 28.2 Å². The van der Waals surface area contributed by atoms with Gasteiger partial charge in [0.1, 0.15) is 0 Å². The molecule has 0 radical (unpaired) electrons. The second-order valence-electron chi connectivity index (χ2n) is 7.61. The minimum Gasteiger partial charge on any atom is -0.383 e. The van der Waals surface area contributed by atoms with Gasteiger partial charge in [-0.15, -0.1) is 12.8 Å². The molecule has 0 aromatic carbocycles. The molecule has 0 spiro atoms. The van der Waals surface area contributed by atoms with Gasteiger partial charge >= 0.3 is 57.6 Å². The Kier molecular flexibility index (Phi) is 23.0. The van der Waals surface area contributed by atoms with Gasteiger partial charge in [-0.25, -0.2) is 23.3 Å². The van der Waals surface area contributed by atoms with Crippen molar-refractivity contribution in [1.82, 2.24) is 9.13 Å². The minimum atomic E-state index is -1.37. The third-order valence-corrected chi connectivity index (χ3v) is 6.47. The van der Waals surface area contributed by atoms with Gasteiger partial charge in [0.2, 0.25) is 0 Å². The van der Waals surface area contributed by atoms with E-state index in [-0.39, 0.29) is 39.9 Å². The van der Waals surface area contributed by atoms with E-state index in [9.17, 15) is 8.92 Å². The second kappa shape index (κ2) is 19.9. The molecule has 2 aliphatic carbocycles. The largest absolute Gasteiger partial charge is 2.00 e. The van der Waals surface area contributed by atoms with Crippen LogP contribution in [0.5, 0.6) is 0 Å². The summed E-state index contributed by atoms with van der Waals surface area (Å²) in [6, 6.07) is 0. The number of allylic oxidation sites excluding steroid dienone is 8. The van der Waals surface area contributed by atoms with Crippen molar-refractivity contribution in [3.8, 4) is 0 Å². The molecule has 0 aromatic heterocycles. The Balaban J connectivity index is -0.000000311. The van der Waals surface area contributed by atoms with E-state index in [1.165, 1.54) is 11.1 Å². The zero-order valence-electron chi connectivity index (χ0n) is 19.9. The van der Waals surface area contributed by atoms with E-state index in [0.717, 1.165) is 12.8 Å². The summed E-state index contributed by atoms with van der Waals surface area (Å²) in [6.07, 6.45) is 17.2. The van der Waals surface area contributed by atoms with Crippen molar-refractivity contribution in [1.29, 1.82) is 0 Å². The van der Waals surface area contributed by atoms with Crippen molar-refractivity contribution in [3.63, 3.8) is 0 Å². The van der Waals surface area contributed by atoms with Crippen LogP contribution in [0.25, 0.3) is 0 Å². The van der Waals surface area contributed by atoms with Crippen molar-refractivity contribution in [2.24, 2.45) is 11.8 Å². The Hall–Kier alpha value is -0.0816. The Labute approximate surface area is 215 Å². The molecule has 7 heteroatoms. The molecule has 0 fully saturated rings. The molecule has 0 bridgehead atoms. The van der Waals surface area contributed by atoms with E-state index in [4.69, 9.17) is 0 Å². The zero-order chi connectivity index (χ0) is 22.3. The summed E-state index contributed by atoms with van der Waals surface area (Å²) < 4.78 is 23.9. The second-order valence-corrected chi connectivity index (χ2v) is 11.5. The first kappa shape index (κ1) is 33.6. The average Bonchev–Trinajstić information content (AvgIpc) is 3.30. The third kappa shape index (κ3) is 21.0. The van der Waals surface area contributed by atoms with Crippen molar-refractivity contribution in [3.05, 3.63) is 47.6 Å². The van der Waals surface area contributed by atoms with Crippen LogP contribution in [-0.2, 0) is 8.92 Å². The van der Waals surface area contributed by atoms with Crippen LogP contribution >= 0.6 is 0 Å². The standard InChI is InChI=1S/2C8H11.2C3H9NOSi.Gd/c2*1-7(2)8-5-3-4-6-8;2*1-4(2)6(3)5;/h2*3,5,7H,4H2,1-2H3;2*1-3H3;/q2*-1;;;+2. The normalized spacial score (nSPS) is 13.0. The zero-order valence-corrected chi connectivity index (χ0v) is 24.2. The monoisotopic (exact) mass is 578 g/mol. The SMILES string of the molecule is CC(C)C1=[C-]CC=C1.CC(C)C1=[C-]CC=C1.CN(C)[Si](C)=O.CN(C)[Si](C)=O.[Gd+2]. The summed E-state index contributed by atoms with van der Waals surface area (Å²) >= 11 is 0. The van der Waals surface area contributed by atoms with Crippen molar-refractivity contribution in [2.45, 2.75) is 53.6 Å². The van der Waals surface area contributed by atoms with Gasteiger partial charge in [0.15, 0.2) is 0 Å². The van der Waals surface area contributed by atoms with E-state index in [1.54, 1.807) is 50.4 Å². The summed E-state index contributed by atoms with van der Waals surface area (Å²) in [5.74, 6) is 1.32. The maximum absolute atomic E-state index is 10.3. The molecule has 0 saturated carbocycles. The summed E-state index contributed by atoms with van der Waals surface area (Å²) in [5.41, 5.74) is 2.73. The fraction of sp³-hybridized carbons (Fsp3) is 0.636. The number of nitrogens with zero attached hydrogens (tertiary/aromatic N) is 2. The van der Waals surface area contributed by atoms with E-state index >= 15 is 0 Å². The maximum Gasteiger partial charge on any atom is 2.00 e. The number of hydrogen-bond donors (Lipinski definition) is 0. The fourth-order valence-corrected chi connectivity index (χ4v) is 1.64. The Morgan fingerprint density at radius 1 is 0.759 bits per heavy atom. The van der Waals surface area contributed by atoms with Crippen LogP contribution in [0.4, 0.5) is 0 Å². The van der Waals surface area contributed by atoms with Crippen LogP contribution in [0.1, 0.15) is 40.5 Å². The molecule has 0 amide bonds. The molecule has 4 nitrogen and oxygen atoms in total. The van der Waals surface area contributed by atoms with Gasteiger partial charge in [0, 0.05) is 0 Å². The molecule has 0 aliphatic heterocycles. The van der Waals surface area contributed by atoms with Gasteiger partial charge in [-0.2, -0.15) is 12.2 Å². The van der Waals surface area contributed by atoms with Gasteiger partial charge in [-0.1, -0.05) is 39.5 Å². The van der Waals surface area contributed by atoms with Crippen LogP contribution in [0.3, 0.4) is 0 Å². The molecule has 0 N–H and O–H groups in total. The topological polar surface area (TPSA) is 40.6 Å². The van der Waals surface area contributed by atoms with Gasteiger partial charge in [-0.05, 0) is 41.3 Å². The number of hydrogen-bond acceptors (Lipinski definition) is 2. The van der Waals surface area contributed by atoms with Crippen LogP contribution < -0.4 is 0 Å². The van der Waals surface area contributed by atoms with E-state index < -0.39 is 17.7 Å². The molecule has 0 atom stereocenters. The summed E-state index contributed by atoms with van der Waals surface area (Å²) in [7, 11) is 4.49. The first-order valence-corrected chi connectivity index (χ1v) is 13.5. The fourth-order valence-electron chi connectivity index (χ4n) is 1.64. The first-order valence-electron chi connectivity index (χ1n) is 9.80. The quantitative estimate of drug-likeness (QED) is 0.354. The van der Waals surface area contributed by atoms with Crippen LogP contribution in [0.15, 0.2) is 35.5 Å². The molecule has 0 unspecified atom stereocenters. The molecule has 2 aliphatic rings. The predicted octanol–water partition coefficient (Wildman–Crippen LogP) is 4.86. The molecule has 2 rings (SSSR count). The Bertz CT molecular complexity index is 542. The third-order valence-electron chi connectivity index (χ3n) is 3.95. The smallest absolute Gasteiger partial charge is 0.383 e. The van der Waals surface area contributed by atoms with Crippen LogP contribution in [0.2, 0.25) is 13.1 Å². The van der Waals surface area contributed by atoms with Crippen molar-refractivity contribution >= 4 is 17.7 Å². The molecule has 0 aromatic rings. The Morgan fingerprint density at radius 2 is 1.00 bits per heavy atom. The van der Waals surface area contributed by atoms with Crippen LogP contribution in [-0.4, -0.2) is 55.0 Å². The molecule has 0 heterocycles. The summed E-state index contributed by atoms with van der Waals surface area (Å²) in [4.78, 5) is 0. The molecule has 29 heavy (non-hydrogen) atoms.